The molecule has 2 heterocycles. The molecule has 0 radical (unpaired) electrons. The van der Waals surface area contributed by atoms with E-state index in [0.717, 1.165) is 0 Å². The van der Waals surface area contributed by atoms with E-state index in [1.54, 1.807) is 0 Å². The fourth-order valence-electron chi connectivity index (χ4n) is 4.09. The van der Waals surface area contributed by atoms with Gasteiger partial charge in [0.1, 0.15) is 17.2 Å². The minimum Gasteiger partial charge on any atom is -0.478 e. The Morgan fingerprint density at radius 2 is 1.13 bits per heavy atom. The van der Waals surface area contributed by atoms with Crippen molar-refractivity contribution in [3.63, 3.8) is 0 Å². The molecule has 0 spiro atoms. The van der Waals surface area contributed by atoms with E-state index in [-0.39, 0.29) is 5.78 Å². The Kier molecular flexibility index (Phi) is 7.51. The van der Waals surface area contributed by atoms with Crippen LogP contribution in [0, 0.1) is 0 Å². The smallest absolute Gasteiger partial charge is 0.454 e. The molecule has 11 heteroatoms. The lowest BCUT2D eigenvalue weighted by Crippen LogP contribution is -2.02. The van der Waals surface area contributed by atoms with Gasteiger partial charge in [-0.2, -0.15) is 0 Å². The third kappa shape index (κ3) is 5.93. The van der Waals surface area contributed by atoms with Crippen molar-refractivity contribution in [2.24, 2.45) is 14.0 Å². The molecule has 39 heavy (non-hydrogen) atoms. The Bertz CT molecular complexity index is 1580. The van der Waals surface area contributed by atoms with Crippen molar-refractivity contribution in [1.29, 1.82) is 0 Å². The summed E-state index contributed by atoms with van der Waals surface area (Å²) in [6, 6.07) is 38.2. The predicted molar refractivity (Wildman–Crippen MR) is 159 cm³/mol. The molecular weight excluding hydrogens is 571 g/mol. The van der Waals surface area contributed by atoms with Crippen LogP contribution >= 0.6 is 33.2 Å². The third-order valence-corrected chi connectivity index (χ3v) is 14.2. The first-order chi connectivity index (χ1) is 19.0. The normalized spacial score (nSPS) is 28.2. The van der Waals surface area contributed by atoms with Gasteiger partial charge in [-0.25, -0.2) is 9.49 Å². The van der Waals surface area contributed by atoms with E-state index in [1.807, 2.05) is 128 Å². The average Bonchev–Trinajstić information content (AvgIpc) is 3.50. The fraction of sp³-hybridized carbons (Fsp3) is 0.143. The number of rotatable bonds is 8. The van der Waals surface area contributed by atoms with Gasteiger partial charge < -0.3 is 13.8 Å². The molecule has 1 fully saturated rings. The second kappa shape index (κ2) is 11.2. The van der Waals surface area contributed by atoms with Crippen LogP contribution in [0.25, 0.3) is 0 Å². The predicted octanol–water partition coefficient (Wildman–Crippen LogP) is 10.2. The first-order valence-electron chi connectivity index (χ1n) is 12.4. The summed E-state index contributed by atoms with van der Waals surface area (Å²) >= 11 is 7.22. The van der Waals surface area contributed by atoms with E-state index in [2.05, 4.69) is 0 Å². The zero-order valence-electron chi connectivity index (χ0n) is 21.0. The number of fused-ring (bicyclic) bond motifs is 1. The molecular formula is C28H26ClN3O4P3+. The minimum atomic E-state index is -3.26. The van der Waals surface area contributed by atoms with Crippen molar-refractivity contribution in [3.8, 4) is 23.0 Å². The number of hydrogen-bond donors (Lipinski definition) is 0. The number of para-hydroxylation sites is 4. The highest BCUT2D eigenvalue weighted by Gasteiger charge is 2.68. The van der Waals surface area contributed by atoms with Gasteiger partial charge >= 0.3 is 14.7 Å². The highest BCUT2D eigenvalue weighted by atomic mass is 35.7. The lowest BCUT2D eigenvalue weighted by molar-refractivity contribution is 0.312. The number of ether oxygens (including phenoxy) is 1. The lowest BCUT2D eigenvalue weighted by atomic mass is 10.3. The second-order valence-corrected chi connectivity index (χ2v) is 16.6. The van der Waals surface area contributed by atoms with E-state index in [0.29, 0.717) is 23.0 Å². The third-order valence-electron chi connectivity index (χ3n) is 5.94. The molecule has 0 saturated carbocycles. The maximum atomic E-state index is 7.22. The number of nitrogens with zero attached hydrogens (tertiary/aromatic N) is 3. The van der Waals surface area contributed by atoms with Crippen LogP contribution in [0.3, 0.4) is 0 Å². The first kappa shape index (κ1) is 26.2. The van der Waals surface area contributed by atoms with Crippen molar-refractivity contribution < 1.29 is 18.3 Å². The molecule has 4 aromatic rings. The van der Waals surface area contributed by atoms with Crippen LogP contribution in [0.2, 0.25) is 0 Å². The highest BCUT2D eigenvalue weighted by molar-refractivity contribution is 7.89. The molecule has 6 rings (SSSR count). The van der Waals surface area contributed by atoms with E-state index in [4.69, 9.17) is 43.6 Å². The summed E-state index contributed by atoms with van der Waals surface area (Å²) in [7, 11) is -4.25. The summed E-state index contributed by atoms with van der Waals surface area (Å²) in [5.41, 5.74) is 0. The molecule has 2 aliphatic rings. The minimum absolute atomic E-state index is 0.350. The zero-order valence-corrected chi connectivity index (χ0v) is 24.4. The molecule has 7 nitrogen and oxygen atoms in total. The Morgan fingerprint density at radius 1 is 0.641 bits per heavy atom. The average molecular weight is 597 g/mol. The lowest BCUT2D eigenvalue weighted by Gasteiger charge is -2.16. The molecule has 0 aliphatic carbocycles. The molecule has 5 unspecified atom stereocenters. The molecule has 1 saturated heterocycles. The van der Waals surface area contributed by atoms with Gasteiger partial charge in [-0.3, -0.25) is 4.52 Å². The summed E-state index contributed by atoms with van der Waals surface area (Å²) < 4.78 is 41.1. The van der Waals surface area contributed by atoms with Gasteiger partial charge in [0.25, 0.3) is 5.78 Å². The molecule has 2 aliphatic heterocycles. The van der Waals surface area contributed by atoms with Crippen LogP contribution in [0.15, 0.2) is 135 Å². The van der Waals surface area contributed by atoms with Crippen LogP contribution in [-0.4, -0.2) is 17.4 Å². The van der Waals surface area contributed by atoms with Gasteiger partial charge in [0.15, 0.2) is 17.4 Å². The Labute approximate surface area is 233 Å². The van der Waals surface area contributed by atoms with Crippen molar-refractivity contribution in [3.05, 3.63) is 121 Å². The van der Waals surface area contributed by atoms with E-state index < -0.39 is 33.6 Å². The van der Waals surface area contributed by atoms with Crippen molar-refractivity contribution >= 4 is 33.2 Å². The van der Waals surface area contributed by atoms with Gasteiger partial charge in [-0.15, -0.1) is 0 Å². The molecule has 0 amide bonds. The molecule has 0 N–H and O–H groups in total. The van der Waals surface area contributed by atoms with E-state index >= 15 is 0 Å². The second-order valence-electron chi connectivity index (χ2n) is 8.85. The fourth-order valence-corrected chi connectivity index (χ4v) is 13.4. The van der Waals surface area contributed by atoms with E-state index in [1.165, 1.54) is 0 Å². The van der Waals surface area contributed by atoms with Crippen LogP contribution in [0.4, 0.5) is 0 Å². The standard InChI is InChI=1S/C28H26ClN3O4P3/c1-22-30-38(35-25-18-10-4-11-19-25)27(28(38)33-23-14-6-2-7-15-23)31-39(29,36-26-20-12-5-13-21-26)32-37(22)34-24-16-8-3-9-17-24/h2-22,27-28H,1H3/q+1/t22?,27?,28?,38?,39-/m0/s1. The van der Waals surface area contributed by atoms with Gasteiger partial charge in [0.2, 0.25) is 7.28 Å². The van der Waals surface area contributed by atoms with E-state index in [9.17, 15) is 0 Å². The van der Waals surface area contributed by atoms with Crippen molar-refractivity contribution in [2.75, 3.05) is 0 Å². The number of benzene rings is 4. The van der Waals surface area contributed by atoms with Crippen LogP contribution < -0.4 is 18.3 Å². The molecule has 4 aromatic carbocycles. The zero-order chi connectivity index (χ0) is 26.7. The topological polar surface area (TPSA) is 74.0 Å². The summed E-state index contributed by atoms with van der Waals surface area (Å²) in [6.07, 6.45) is 0. The van der Waals surface area contributed by atoms with Gasteiger partial charge in [-0.1, -0.05) is 72.8 Å². The highest BCUT2D eigenvalue weighted by Crippen LogP contribution is 2.82. The Balaban J connectivity index is 1.47. The molecule has 6 atom stereocenters. The molecule has 198 valence electrons. The van der Waals surface area contributed by atoms with Crippen molar-refractivity contribution in [2.45, 2.75) is 24.3 Å². The largest absolute Gasteiger partial charge is 0.478 e. The summed E-state index contributed by atoms with van der Waals surface area (Å²) in [6.45, 7) is -1.27. The summed E-state index contributed by atoms with van der Waals surface area (Å²) in [5.74, 6) is 1.47. The summed E-state index contributed by atoms with van der Waals surface area (Å²) in [4.78, 5) is 0. The van der Waals surface area contributed by atoms with Gasteiger partial charge in [0.05, 0.1) is 0 Å². The molecule has 0 aromatic heterocycles. The van der Waals surface area contributed by atoms with Crippen LogP contribution in [0.1, 0.15) is 6.92 Å². The number of halogens is 1. The van der Waals surface area contributed by atoms with Crippen molar-refractivity contribution in [1.82, 2.24) is 0 Å². The number of hydrogen-bond acceptors (Lipinski definition) is 7. The SMILES string of the molecule is CC1N=P2(Oc3ccccc3)C(N=[P@](Cl)(Oc3ccccc3)N=[P+]1Oc1ccccc1)C2Oc1ccccc1. The first-order valence-corrected chi connectivity index (χ1v) is 18.0. The molecule has 0 bridgehead atoms. The maximum Gasteiger partial charge on any atom is 0.454 e. The monoisotopic (exact) mass is 596 g/mol. The van der Waals surface area contributed by atoms with Gasteiger partial charge in [-0.05, 0) is 59.8 Å². The quantitative estimate of drug-likeness (QED) is 0.190. The van der Waals surface area contributed by atoms with Gasteiger partial charge in [0, 0.05) is 11.4 Å². The summed E-state index contributed by atoms with van der Waals surface area (Å²) in [5, 5.41) is 0. The maximum absolute atomic E-state index is 7.22. The van der Waals surface area contributed by atoms with Crippen LogP contribution in [-0.2, 0) is 0 Å². The van der Waals surface area contributed by atoms with Crippen LogP contribution in [0.5, 0.6) is 23.0 Å². The Hall–Kier alpha value is -3.07. The Morgan fingerprint density at radius 3 is 1.69 bits per heavy atom.